The number of benzene rings is 1. The Hall–Kier alpha value is -0.940. The summed E-state index contributed by atoms with van der Waals surface area (Å²) < 4.78 is 27.7. The number of nitriles is 1. The van der Waals surface area contributed by atoms with E-state index in [1.807, 2.05) is 6.92 Å². The van der Waals surface area contributed by atoms with Crippen molar-refractivity contribution >= 4 is 26.0 Å². The van der Waals surface area contributed by atoms with E-state index >= 15 is 0 Å². The number of hydrogen-bond acceptors (Lipinski definition) is 4. The number of nitrogens with zero attached hydrogens (tertiary/aromatic N) is 3. The van der Waals surface area contributed by atoms with Gasteiger partial charge in [0.25, 0.3) is 0 Å². The van der Waals surface area contributed by atoms with Crippen LogP contribution in [0.15, 0.2) is 27.6 Å². The molecule has 1 aliphatic heterocycles. The average Bonchev–Trinajstić information content (AvgIpc) is 2.48. The summed E-state index contributed by atoms with van der Waals surface area (Å²) in [6.45, 7) is 4.89. The minimum absolute atomic E-state index is 0.341. The van der Waals surface area contributed by atoms with Crippen LogP contribution in [0.4, 0.5) is 0 Å². The topological polar surface area (TPSA) is 64.4 Å². The Balaban J connectivity index is 2.08. The number of halogens is 1. The molecule has 1 aromatic carbocycles. The van der Waals surface area contributed by atoms with Crippen LogP contribution in [0, 0.1) is 18.3 Å². The van der Waals surface area contributed by atoms with Gasteiger partial charge < -0.3 is 0 Å². The fourth-order valence-corrected chi connectivity index (χ4v) is 4.08. The van der Waals surface area contributed by atoms with Crippen LogP contribution in [0.3, 0.4) is 0 Å². The Bertz CT molecular complexity index is 647. The highest BCUT2D eigenvalue weighted by Crippen LogP contribution is 2.23. The van der Waals surface area contributed by atoms with E-state index in [0.717, 1.165) is 10.0 Å². The van der Waals surface area contributed by atoms with Crippen molar-refractivity contribution in [3.05, 3.63) is 28.2 Å². The molecular weight excluding hydrogens is 354 g/mol. The second kappa shape index (κ2) is 6.88. The zero-order valence-corrected chi connectivity index (χ0v) is 14.3. The van der Waals surface area contributed by atoms with Gasteiger partial charge in [0.2, 0.25) is 10.0 Å². The molecule has 2 rings (SSSR count). The van der Waals surface area contributed by atoms with Crippen molar-refractivity contribution < 1.29 is 8.42 Å². The van der Waals surface area contributed by atoms with Gasteiger partial charge in [-0.2, -0.15) is 9.57 Å². The van der Waals surface area contributed by atoms with Gasteiger partial charge in [-0.25, -0.2) is 8.42 Å². The van der Waals surface area contributed by atoms with Crippen LogP contribution in [0.2, 0.25) is 0 Å². The molecule has 21 heavy (non-hydrogen) atoms. The molecule has 0 saturated carbocycles. The molecule has 0 aliphatic carbocycles. The quantitative estimate of drug-likeness (QED) is 0.811. The molecule has 0 N–H and O–H groups in total. The molecule has 0 aromatic heterocycles. The molecule has 0 bridgehead atoms. The molecule has 1 saturated heterocycles. The maximum atomic E-state index is 12.6. The summed E-state index contributed by atoms with van der Waals surface area (Å²) in [6, 6.07) is 7.21. The van der Waals surface area contributed by atoms with Crippen molar-refractivity contribution in [2.24, 2.45) is 0 Å². The summed E-state index contributed by atoms with van der Waals surface area (Å²) >= 11 is 3.38. The van der Waals surface area contributed by atoms with E-state index in [4.69, 9.17) is 5.26 Å². The van der Waals surface area contributed by atoms with E-state index in [9.17, 15) is 8.42 Å². The maximum absolute atomic E-state index is 12.6. The van der Waals surface area contributed by atoms with Crippen LogP contribution in [0.1, 0.15) is 12.0 Å². The third-order valence-electron chi connectivity index (χ3n) is 3.64. The predicted molar refractivity (Wildman–Crippen MR) is 84.3 cm³/mol. The van der Waals surface area contributed by atoms with Crippen molar-refractivity contribution in [3.8, 4) is 6.07 Å². The summed E-state index contributed by atoms with van der Waals surface area (Å²) in [5, 5.41) is 8.59. The lowest BCUT2D eigenvalue weighted by atomic mass is 10.2. The van der Waals surface area contributed by atoms with Crippen LogP contribution in [-0.4, -0.2) is 50.3 Å². The Labute approximate surface area is 134 Å². The van der Waals surface area contributed by atoms with Gasteiger partial charge in [-0.3, -0.25) is 4.90 Å². The molecule has 114 valence electrons. The first kappa shape index (κ1) is 16.4. The van der Waals surface area contributed by atoms with E-state index in [1.54, 1.807) is 18.2 Å². The number of piperazine rings is 1. The van der Waals surface area contributed by atoms with Crippen LogP contribution >= 0.6 is 15.9 Å². The molecule has 0 spiro atoms. The summed E-state index contributed by atoms with van der Waals surface area (Å²) in [7, 11) is -3.42. The van der Waals surface area contributed by atoms with Crippen LogP contribution < -0.4 is 0 Å². The highest BCUT2D eigenvalue weighted by Gasteiger charge is 2.28. The fraction of sp³-hybridized carbons (Fsp3) is 0.500. The highest BCUT2D eigenvalue weighted by molar-refractivity contribution is 9.10. The number of hydrogen-bond donors (Lipinski definition) is 0. The standard InChI is InChI=1S/C14H18BrN3O2S/c1-12-11-13(3-4-14(12)15)21(19,20)18-9-7-17(8-10-18)6-2-5-16/h3-4,11H,2,6-10H2,1H3. The Morgan fingerprint density at radius 1 is 1.29 bits per heavy atom. The Kier molecular flexibility index (Phi) is 5.38. The first-order valence-corrected chi connectivity index (χ1v) is 9.04. The lowest BCUT2D eigenvalue weighted by Gasteiger charge is -2.33. The zero-order chi connectivity index (χ0) is 15.5. The number of aryl methyl sites for hydroxylation is 1. The summed E-state index contributed by atoms with van der Waals surface area (Å²) in [5.74, 6) is 0. The van der Waals surface area contributed by atoms with Crippen LogP contribution in [0.5, 0.6) is 0 Å². The molecule has 1 fully saturated rings. The van der Waals surface area contributed by atoms with Gasteiger partial charge in [0.1, 0.15) is 0 Å². The van der Waals surface area contributed by atoms with Gasteiger partial charge in [0.05, 0.1) is 11.0 Å². The van der Waals surface area contributed by atoms with E-state index in [0.29, 0.717) is 44.0 Å². The lowest BCUT2D eigenvalue weighted by molar-refractivity contribution is 0.191. The van der Waals surface area contributed by atoms with Gasteiger partial charge in [-0.1, -0.05) is 15.9 Å². The van der Waals surface area contributed by atoms with Gasteiger partial charge >= 0.3 is 0 Å². The minimum atomic E-state index is -3.42. The molecule has 7 heteroatoms. The van der Waals surface area contributed by atoms with Gasteiger partial charge in [-0.05, 0) is 30.7 Å². The van der Waals surface area contributed by atoms with Crippen LogP contribution in [-0.2, 0) is 10.0 Å². The molecule has 1 heterocycles. The lowest BCUT2D eigenvalue weighted by Crippen LogP contribution is -2.48. The zero-order valence-electron chi connectivity index (χ0n) is 11.9. The monoisotopic (exact) mass is 371 g/mol. The fourth-order valence-electron chi connectivity index (χ4n) is 2.33. The second-order valence-corrected chi connectivity index (χ2v) is 7.86. The average molecular weight is 372 g/mol. The van der Waals surface area contributed by atoms with Crippen molar-refractivity contribution in [3.63, 3.8) is 0 Å². The first-order valence-electron chi connectivity index (χ1n) is 6.81. The van der Waals surface area contributed by atoms with E-state index in [2.05, 4.69) is 26.9 Å². The molecule has 0 amide bonds. The highest BCUT2D eigenvalue weighted by atomic mass is 79.9. The Morgan fingerprint density at radius 3 is 2.52 bits per heavy atom. The second-order valence-electron chi connectivity index (χ2n) is 5.06. The molecule has 1 aromatic rings. The number of sulfonamides is 1. The van der Waals surface area contributed by atoms with Gasteiger partial charge in [0, 0.05) is 43.6 Å². The smallest absolute Gasteiger partial charge is 0.243 e. The molecule has 0 radical (unpaired) electrons. The normalized spacial score (nSPS) is 17.6. The minimum Gasteiger partial charge on any atom is -0.300 e. The SMILES string of the molecule is Cc1cc(S(=O)(=O)N2CCN(CCC#N)CC2)ccc1Br. The van der Waals surface area contributed by atoms with Crippen molar-refractivity contribution in [1.29, 1.82) is 5.26 Å². The molecule has 0 unspecified atom stereocenters. The summed E-state index contributed by atoms with van der Waals surface area (Å²) in [6.07, 6.45) is 0.485. The van der Waals surface area contributed by atoms with Crippen LogP contribution in [0.25, 0.3) is 0 Å². The van der Waals surface area contributed by atoms with Gasteiger partial charge in [-0.15, -0.1) is 0 Å². The molecule has 1 aliphatic rings. The third kappa shape index (κ3) is 3.83. The molecular formula is C14H18BrN3O2S. The summed E-state index contributed by atoms with van der Waals surface area (Å²) in [4.78, 5) is 2.47. The summed E-state index contributed by atoms with van der Waals surface area (Å²) in [5.41, 5.74) is 0.906. The molecule has 5 nitrogen and oxygen atoms in total. The van der Waals surface area contributed by atoms with E-state index < -0.39 is 10.0 Å². The van der Waals surface area contributed by atoms with Crippen molar-refractivity contribution in [2.75, 3.05) is 32.7 Å². The maximum Gasteiger partial charge on any atom is 0.243 e. The predicted octanol–water partition coefficient (Wildman–Crippen LogP) is 1.98. The van der Waals surface area contributed by atoms with E-state index in [-0.39, 0.29) is 0 Å². The van der Waals surface area contributed by atoms with Gasteiger partial charge in [0.15, 0.2) is 0 Å². The van der Waals surface area contributed by atoms with Crippen molar-refractivity contribution in [1.82, 2.24) is 9.21 Å². The molecule has 0 atom stereocenters. The number of rotatable bonds is 4. The van der Waals surface area contributed by atoms with E-state index in [1.165, 1.54) is 4.31 Å². The third-order valence-corrected chi connectivity index (χ3v) is 6.42. The van der Waals surface area contributed by atoms with Crippen molar-refractivity contribution in [2.45, 2.75) is 18.2 Å². The first-order chi connectivity index (χ1) is 9.95. The largest absolute Gasteiger partial charge is 0.300 e. The Morgan fingerprint density at radius 2 is 1.95 bits per heavy atom.